The molecule has 1 atom stereocenters. The minimum Gasteiger partial charge on any atom is -0.355 e. The Bertz CT molecular complexity index is 1990. The molecule has 1 N–H and O–H groups in total. The van der Waals surface area contributed by atoms with E-state index in [1.165, 1.54) is 0 Å². The molecule has 0 radical (unpaired) electrons. The van der Waals surface area contributed by atoms with Crippen LogP contribution in [0.3, 0.4) is 0 Å². The van der Waals surface area contributed by atoms with Gasteiger partial charge in [0.25, 0.3) is 17.4 Å². The number of benzene rings is 3. The zero-order chi connectivity index (χ0) is 30.2. The lowest BCUT2D eigenvalue weighted by Gasteiger charge is -2.30. The molecular formula is C33H27BrN6O3. The lowest BCUT2D eigenvalue weighted by Crippen LogP contribution is -2.41. The molecule has 0 aliphatic carbocycles. The van der Waals surface area contributed by atoms with Crippen molar-refractivity contribution in [1.29, 1.82) is 5.26 Å². The second-order valence-electron chi connectivity index (χ2n) is 10.4. The maximum Gasteiger partial charge on any atom is 0.261 e. The van der Waals surface area contributed by atoms with Crippen molar-refractivity contribution < 1.29 is 9.59 Å². The number of carbonyl (C=O) groups excluding carboxylic acids is 2. The fraction of sp³-hybridized carbons (Fsp3) is 0.182. The van der Waals surface area contributed by atoms with E-state index in [0.717, 1.165) is 11.1 Å². The van der Waals surface area contributed by atoms with E-state index in [2.05, 4.69) is 34.2 Å². The highest BCUT2D eigenvalue weighted by Crippen LogP contribution is 2.31. The van der Waals surface area contributed by atoms with E-state index in [0.29, 0.717) is 56.7 Å². The SMILES string of the molecule is CNC(=O)c1ccc(-n2c(=O)c3c(n4ncc([C@@H](C)c5ccccc5)c24)CN(C(=O)c2ccc(Br)c(C#N)c2)CC3)cc1. The number of aromatic nitrogens is 3. The highest BCUT2D eigenvalue weighted by Gasteiger charge is 2.30. The van der Waals surface area contributed by atoms with Gasteiger partial charge < -0.3 is 10.2 Å². The number of carbonyl (C=O) groups is 2. The summed E-state index contributed by atoms with van der Waals surface area (Å²) in [6, 6.07) is 24.0. The monoisotopic (exact) mass is 634 g/mol. The van der Waals surface area contributed by atoms with Crippen molar-refractivity contribution in [3.63, 3.8) is 0 Å². The molecule has 3 aromatic carbocycles. The Hall–Kier alpha value is -5.01. The Morgan fingerprint density at radius 1 is 1.05 bits per heavy atom. The van der Waals surface area contributed by atoms with Crippen molar-refractivity contribution in [2.45, 2.75) is 25.8 Å². The zero-order valence-corrected chi connectivity index (χ0v) is 25.1. The van der Waals surface area contributed by atoms with Crippen molar-refractivity contribution in [3.8, 4) is 11.8 Å². The van der Waals surface area contributed by atoms with Crippen LogP contribution in [0.4, 0.5) is 0 Å². The summed E-state index contributed by atoms with van der Waals surface area (Å²) >= 11 is 3.35. The summed E-state index contributed by atoms with van der Waals surface area (Å²) in [6.07, 6.45) is 2.13. The van der Waals surface area contributed by atoms with Crippen LogP contribution in [0.25, 0.3) is 11.3 Å². The van der Waals surface area contributed by atoms with Crippen molar-refractivity contribution in [2.75, 3.05) is 13.6 Å². The van der Waals surface area contributed by atoms with Crippen molar-refractivity contribution in [3.05, 3.63) is 133 Å². The molecule has 0 unspecified atom stereocenters. The molecule has 214 valence electrons. The molecule has 6 rings (SSSR count). The standard InChI is InChI=1S/C33H27BrN6O3/c1-20(21-6-4-3-5-7-21)27-18-37-40-29-19-38(32(42)23-10-13-28(34)24(16-23)17-35)15-14-26(29)33(43)39(31(27)40)25-11-8-22(9-12-25)30(41)36-2/h3-13,16,18,20H,14-15,19H2,1-2H3,(H,36,41)/t20-/m0/s1. The summed E-state index contributed by atoms with van der Waals surface area (Å²) in [5.74, 6) is -0.516. The number of nitrogens with zero attached hydrogens (tertiary/aromatic N) is 5. The van der Waals surface area contributed by atoms with Gasteiger partial charge in [-0.1, -0.05) is 37.3 Å². The molecule has 0 saturated heterocycles. The van der Waals surface area contributed by atoms with Gasteiger partial charge >= 0.3 is 0 Å². The molecule has 0 saturated carbocycles. The van der Waals surface area contributed by atoms with E-state index < -0.39 is 0 Å². The van der Waals surface area contributed by atoms with Gasteiger partial charge in [0.2, 0.25) is 0 Å². The molecule has 2 aromatic heterocycles. The third-order valence-electron chi connectivity index (χ3n) is 8.02. The molecule has 0 bridgehead atoms. The molecule has 1 aliphatic heterocycles. The number of nitrogens with one attached hydrogen (secondary N) is 1. The summed E-state index contributed by atoms with van der Waals surface area (Å²) in [6.45, 7) is 2.61. The summed E-state index contributed by atoms with van der Waals surface area (Å²) < 4.78 is 4.07. The highest BCUT2D eigenvalue weighted by atomic mass is 79.9. The number of hydrogen-bond donors (Lipinski definition) is 1. The molecule has 10 heteroatoms. The van der Waals surface area contributed by atoms with Crippen LogP contribution in [0.5, 0.6) is 0 Å². The first-order valence-corrected chi connectivity index (χ1v) is 14.6. The number of nitriles is 1. The smallest absolute Gasteiger partial charge is 0.261 e. The first-order chi connectivity index (χ1) is 20.8. The van der Waals surface area contributed by atoms with Crippen molar-refractivity contribution in [1.82, 2.24) is 24.4 Å². The highest BCUT2D eigenvalue weighted by molar-refractivity contribution is 9.10. The average molecular weight is 636 g/mol. The Balaban J connectivity index is 1.51. The minimum atomic E-state index is -0.221. The van der Waals surface area contributed by atoms with E-state index >= 15 is 0 Å². The average Bonchev–Trinajstić information content (AvgIpc) is 3.49. The molecule has 43 heavy (non-hydrogen) atoms. The summed E-state index contributed by atoms with van der Waals surface area (Å²) in [4.78, 5) is 41.7. The van der Waals surface area contributed by atoms with E-state index in [9.17, 15) is 19.6 Å². The van der Waals surface area contributed by atoms with Crippen LogP contribution in [0.15, 0.2) is 88.3 Å². The summed E-state index contributed by atoms with van der Waals surface area (Å²) in [5.41, 5.74) is 5.49. The van der Waals surface area contributed by atoms with E-state index in [-0.39, 0.29) is 29.8 Å². The number of fused-ring (bicyclic) bond motifs is 3. The van der Waals surface area contributed by atoms with Crippen LogP contribution >= 0.6 is 15.9 Å². The molecule has 0 fully saturated rings. The van der Waals surface area contributed by atoms with Gasteiger partial charge in [-0.15, -0.1) is 0 Å². The normalized spacial score (nSPS) is 13.3. The van der Waals surface area contributed by atoms with Crippen LogP contribution in [0.1, 0.15) is 61.5 Å². The van der Waals surface area contributed by atoms with Gasteiger partial charge in [0.15, 0.2) is 0 Å². The fourth-order valence-corrected chi connectivity index (χ4v) is 5.99. The minimum absolute atomic E-state index is 0.0824. The van der Waals surface area contributed by atoms with Crippen LogP contribution in [0.2, 0.25) is 0 Å². The molecule has 3 heterocycles. The largest absolute Gasteiger partial charge is 0.355 e. The lowest BCUT2D eigenvalue weighted by atomic mass is 9.95. The second-order valence-corrected chi connectivity index (χ2v) is 11.3. The molecule has 5 aromatic rings. The van der Waals surface area contributed by atoms with Crippen molar-refractivity contribution >= 4 is 33.4 Å². The maximum absolute atomic E-state index is 14.3. The third kappa shape index (κ3) is 4.91. The predicted molar refractivity (Wildman–Crippen MR) is 165 cm³/mol. The van der Waals surface area contributed by atoms with Gasteiger partial charge in [-0.05, 0) is 70.4 Å². The van der Waals surface area contributed by atoms with Crippen LogP contribution in [0, 0.1) is 11.3 Å². The summed E-state index contributed by atoms with van der Waals surface area (Å²) in [7, 11) is 1.57. The van der Waals surface area contributed by atoms with E-state index in [1.807, 2.05) is 30.3 Å². The maximum atomic E-state index is 14.3. The second kappa shape index (κ2) is 11.3. The fourth-order valence-electron chi connectivity index (χ4n) is 5.65. The quantitative estimate of drug-likeness (QED) is 0.298. The zero-order valence-electron chi connectivity index (χ0n) is 23.5. The first-order valence-electron chi connectivity index (χ1n) is 13.8. The predicted octanol–water partition coefficient (Wildman–Crippen LogP) is 4.83. The Morgan fingerprint density at radius 3 is 2.47 bits per heavy atom. The first kappa shape index (κ1) is 28.1. The number of rotatable bonds is 5. The van der Waals surface area contributed by atoms with Crippen LogP contribution in [-0.2, 0) is 13.0 Å². The topological polar surface area (TPSA) is 112 Å². The van der Waals surface area contributed by atoms with Gasteiger partial charge in [0, 0.05) is 46.2 Å². The van der Waals surface area contributed by atoms with Gasteiger partial charge in [-0.3, -0.25) is 19.0 Å². The van der Waals surface area contributed by atoms with Crippen LogP contribution in [-0.4, -0.2) is 44.5 Å². The van der Waals surface area contributed by atoms with Gasteiger partial charge in [0.1, 0.15) is 11.7 Å². The van der Waals surface area contributed by atoms with E-state index in [1.54, 1.807) is 69.7 Å². The van der Waals surface area contributed by atoms with Crippen molar-refractivity contribution in [2.24, 2.45) is 0 Å². The molecule has 2 amide bonds. The van der Waals surface area contributed by atoms with Gasteiger partial charge in [-0.2, -0.15) is 10.4 Å². The Kier molecular flexibility index (Phi) is 7.42. The number of amides is 2. The number of halogens is 1. The Labute approximate surface area is 256 Å². The molecule has 1 aliphatic rings. The van der Waals surface area contributed by atoms with Gasteiger partial charge in [-0.25, -0.2) is 4.52 Å². The molecular weight excluding hydrogens is 608 g/mol. The van der Waals surface area contributed by atoms with Crippen LogP contribution < -0.4 is 10.9 Å². The Morgan fingerprint density at radius 2 is 1.77 bits per heavy atom. The van der Waals surface area contributed by atoms with Gasteiger partial charge in [0.05, 0.1) is 29.7 Å². The third-order valence-corrected chi connectivity index (χ3v) is 8.71. The number of hydrogen-bond acceptors (Lipinski definition) is 5. The molecule has 9 nitrogen and oxygen atoms in total. The lowest BCUT2D eigenvalue weighted by molar-refractivity contribution is 0.0729. The van der Waals surface area contributed by atoms with E-state index in [4.69, 9.17) is 5.10 Å². The summed E-state index contributed by atoms with van der Waals surface area (Å²) in [5, 5.41) is 16.8. The molecule has 0 spiro atoms.